The minimum absolute atomic E-state index is 0.0348. The Balaban J connectivity index is 1.57. The smallest absolute Gasteiger partial charge is 0.309 e. The van der Waals surface area contributed by atoms with Crippen molar-refractivity contribution in [3.05, 3.63) is 64.5 Å². The lowest BCUT2D eigenvalue weighted by Crippen LogP contribution is -2.47. The molecule has 1 aromatic heterocycles. The summed E-state index contributed by atoms with van der Waals surface area (Å²) in [7, 11) is -4.02. The van der Waals surface area contributed by atoms with Crippen LogP contribution in [0.5, 0.6) is 0 Å². The molecule has 0 spiro atoms. The molecule has 1 aliphatic heterocycles. The van der Waals surface area contributed by atoms with Gasteiger partial charge in [-0.05, 0) is 23.8 Å². The molecule has 0 bridgehead atoms. The van der Waals surface area contributed by atoms with Gasteiger partial charge in [-0.15, -0.1) is 0 Å². The lowest BCUT2D eigenvalue weighted by atomic mass is 10.3. The Morgan fingerprint density at radius 1 is 1.19 bits per heavy atom. The quantitative estimate of drug-likeness (QED) is 0.333. The van der Waals surface area contributed by atoms with E-state index in [-0.39, 0.29) is 36.8 Å². The summed E-state index contributed by atoms with van der Waals surface area (Å²) in [5, 5.41) is 15.5. The number of hydrogen-bond donors (Lipinski definition) is 2. The van der Waals surface area contributed by atoms with Crippen LogP contribution in [0.25, 0.3) is 0 Å². The molecule has 12 nitrogen and oxygen atoms in total. The second-order valence-corrected chi connectivity index (χ2v) is 8.34. The zero-order valence-electron chi connectivity index (χ0n) is 16.1. The van der Waals surface area contributed by atoms with E-state index in [1.807, 2.05) is 0 Å². The highest BCUT2D eigenvalue weighted by atomic mass is 32.2. The molecule has 164 valence electrons. The van der Waals surface area contributed by atoms with Gasteiger partial charge >= 0.3 is 11.8 Å². The van der Waals surface area contributed by atoms with Crippen LogP contribution in [0.2, 0.25) is 0 Å². The first kappa shape index (κ1) is 22.3. The third kappa shape index (κ3) is 5.39. The molecule has 1 atom stereocenters. The number of nitrogens with zero attached hydrogens (tertiary/aromatic N) is 3. The maximum absolute atomic E-state index is 12.8. The van der Waals surface area contributed by atoms with Gasteiger partial charge in [-0.1, -0.05) is 6.07 Å². The number of sulfonamides is 1. The van der Waals surface area contributed by atoms with Crippen LogP contribution in [-0.4, -0.2) is 60.4 Å². The van der Waals surface area contributed by atoms with Crippen molar-refractivity contribution in [1.29, 1.82) is 0 Å². The van der Waals surface area contributed by atoms with E-state index in [1.54, 1.807) is 24.5 Å². The summed E-state index contributed by atoms with van der Waals surface area (Å²) < 4.78 is 32.1. The van der Waals surface area contributed by atoms with Gasteiger partial charge in [-0.3, -0.25) is 24.7 Å². The third-order valence-corrected chi connectivity index (χ3v) is 6.32. The molecule has 2 aromatic rings. The summed E-state index contributed by atoms with van der Waals surface area (Å²) in [5.74, 6) is -1.82. The molecule has 1 aliphatic rings. The van der Waals surface area contributed by atoms with E-state index >= 15 is 0 Å². The number of nitro benzene ring substituents is 1. The van der Waals surface area contributed by atoms with Gasteiger partial charge in [0.2, 0.25) is 10.0 Å². The van der Waals surface area contributed by atoms with Crippen molar-refractivity contribution in [3.63, 3.8) is 0 Å². The van der Waals surface area contributed by atoms with E-state index in [4.69, 9.17) is 4.74 Å². The maximum atomic E-state index is 12.8. The first-order chi connectivity index (χ1) is 14.8. The Labute approximate surface area is 177 Å². The van der Waals surface area contributed by atoms with Crippen molar-refractivity contribution >= 4 is 27.5 Å². The molecule has 3 rings (SSSR count). The molecule has 1 fully saturated rings. The number of benzene rings is 1. The Morgan fingerprint density at radius 2 is 1.90 bits per heavy atom. The first-order valence-electron chi connectivity index (χ1n) is 9.12. The van der Waals surface area contributed by atoms with Gasteiger partial charge < -0.3 is 15.4 Å². The van der Waals surface area contributed by atoms with Crippen LogP contribution in [0.4, 0.5) is 5.69 Å². The molecule has 2 heterocycles. The average Bonchev–Trinajstić information content (AvgIpc) is 3.26. The first-order valence-corrected chi connectivity index (χ1v) is 10.6. The minimum atomic E-state index is -4.02. The van der Waals surface area contributed by atoms with Crippen LogP contribution in [0.3, 0.4) is 0 Å². The molecule has 0 aliphatic carbocycles. The number of nitro groups is 1. The van der Waals surface area contributed by atoms with Gasteiger partial charge in [0.05, 0.1) is 23.0 Å². The topological polar surface area (TPSA) is 161 Å². The molecule has 1 saturated heterocycles. The fourth-order valence-electron chi connectivity index (χ4n) is 2.84. The van der Waals surface area contributed by atoms with Crippen LogP contribution in [0.1, 0.15) is 5.56 Å². The number of ether oxygens (including phenoxy) is 1. The lowest BCUT2D eigenvalue weighted by molar-refractivity contribution is -0.384. The van der Waals surface area contributed by atoms with Crippen LogP contribution < -0.4 is 10.6 Å². The van der Waals surface area contributed by atoms with Crippen LogP contribution in [-0.2, 0) is 30.9 Å². The number of nitrogens with one attached hydrogen (secondary N) is 2. The van der Waals surface area contributed by atoms with Crippen molar-refractivity contribution in [2.45, 2.75) is 17.7 Å². The van der Waals surface area contributed by atoms with Crippen molar-refractivity contribution in [2.24, 2.45) is 0 Å². The predicted octanol–water partition coefficient (Wildman–Crippen LogP) is -0.231. The SMILES string of the molecule is O=C(NCc1cccnc1)C(=O)NC[C@H]1OCCN1S(=O)(=O)c1ccc([N+](=O)[O-])cc1. The van der Waals surface area contributed by atoms with Gasteiger partial charge in [-0.25, -0.2) is 8.42 Å². The second-order valence-electron chi connectivity index (χ2n) is 6.45. The van der Waals surface area contributed by atoms with E-state index in [0.717, 1.165) is 28.6 Å². The fraction of sp³-hybridized carbons (Fsp3) is 0.278. The highest BCUT2D eigenvalue weighted by molar-refractivity contribution is 7.89. The van der Waals surface area contributed by atoms with Crippen molar-refractivity contribution in [3.8, 4) is 0 Å². The Hall–Kier alpha value is -3.42. The molecule has 1 aromatic carbocycles. The highest BCUT2D eigenvalue weighted by Gasteiger charge is 2.36. The predicted molar refractivity (Wildman–Crippen MR) is 106 cm³/mol. The number of non-ortho nitro benzene ring substituents is 1. The largest absolute Gasteiger partial charge is 0.359 e. The van der Waals surface area contributed by atoms with Gasteiger partial charge in [0, 0.05) is 37.6 Å². The van der Waals surface area contributed by atoms with E-state index in [9.17, 15) is 28.1 Å². The standard InChI is InChI=1S/C18H19N5O7S/c24-17(20-11-13-2-1-7-19-10-13)18(25)21-12-16-22(8-9-30-16)31(28,29)15-5-3-14(4-6-15)23(26)27/h1-7,10,16H,8-9,11-12H2,(H,20,24)(H,21,25)/t16-/m1/s1. The van der Waals surface area contributed by atoms with E-state index < -0.39 is 33.0 Å². The number of rotatable bonds is 7. The van der Waals surface area contributed by atoms with Gasteiger partial charge in [0.15, 0.2) is 0 Å². The van der Waals surface area contributed by atoms with Gasteiger partial charge in [-0.2, -0.15) is 4.31 Å². The summed E-state index contributed by atoms with van der Waals surface area (Å²) in [6.45, 7) is -0.000951. The molecular weight excluding hydrogens is 430 g/mol. The number of pyridine rings is 1. The van der Waals surface area contributed by atoms with Crippen molar-refractivity contribution in [2.75, 3.05) is 19.7 Å². The monoisotopic (exact) mass is 449 g/mol. The van der Waals surface area contributed by atoms with E-state index in [0.29, 0.717) is 5.56 Å². The number of amides is 2. The Morgan fingerprint density at radius 3 is 2.55 bits per heavy atom. The number of aromatic nitrogens is 1. The van der Waals surface area contributed by atoms with Crippen LogP contribution >= 0.6 is 0 Å². The summed E-state index contributed by atoms with van der Waals surface area (Å²) in [6, 6.07) is 7.87. The van der Waals surface area contributed by atoms with Crippen molar-refractivity contribution < 1.29 is 27.7 Å². The molecule has 0 unspecified atom stereocenters. The molecule has 0 saturated carbocycles. The highest BCUT2D eigenvalue weighted by Crippen LogP contribution is 2.24. The lowest BCUT2D eigenvalue weighted by Gasteiger charge is -2.22. The molecule has 0 radical (unpaired) electrons. The molecule has 2 N–H and O–H groups in total. The van der Waals surface area contributed by atoms with Gasteiger partial charge in [0.25, 0.3) is 5.69 Å². The molecule has 2 amide bonds. The number of hydrogen-bond acceptors (Lipinski definition) is 8. The Kier molecular flexibility index (Phi) is 6.89. The zero-order valence-corrected chi connectivity index (χ0v) is 16.9. The molecule has 13 heteroatoms. The van der Waals surface area contributed by atoms with E-state index in [1.165, 1.54) is 0 Å². The summed E-state index contributed by atoms with van der Waals surface area (Å²) in [6.07, 6.45) is 2.11. The zero-order chi connectivity index (χ0) is 22.4. The van der Waals surface area contributed by atoms with Crippen LogP contribution in [0.15, 0.2) is 53.7 Å². The van der Waals surface area contributed by atoms with Crippen LogP contribution in [0, 0.1) is 10.1 Å². The third-order valence-electron chi connectivity index (χ3n) is 4.42. The summed E-state index contributed by atoms with van der Waals surface area (Å²) in [5.41, 5.74) is 0.473. The van der Waals surface area contributed by atoms with E-state index in [2.05, 4.69) is 15.6 Å². The number of carbonyl (C=O) groups excluding carboxylic acids is 2. The fourth-order valence-corrected chi connectivity index (χ4v) is 4.35. The molecular formula is C18H19N5O7S. The summed E-state index contributed by atoms with van der Waals surface area (Å²) in [4.78, 5) is 37.8. The normalized spacial score (nSPS) is 16.6. The molecule has 31 heavy (non-hydrogen) atoms. The van der Waals surface area contributed by atoms with Crippen molar-refractivity contribution in [1.82, 2.24) is 19.9 Å². The minimum Gasteiger partial charge on any atom is -0.359 e. The van der Waals surface area contributed by atoms with Gasteiger partial charge in [0.1, 0.15) is 6.23 Å². The second kappa shape index (κ2) is 9.59. The number of carbonyl (C=O) groups is 2. The summed E-state index contributed by atoms with van der Waals surface area (Å²) >= 11 is 0. The maximum Gasteiger partial charge on any atom is 0.309 e. The Bertz CT molecular complexity index is 1060. The average molecular weight is 449 g/mol.